The van der Waals surface area contributed by atoms with E-state index in [9.17, 15) is 0 Å². The van der Waals surface area contributed by atoms with Gasteiger partial charge in [-0.15, -0.1) is 11.6 Å². The summed E-state index contributed by atoms with van der Waals surface area (Å²) in [5.41, 5.74) is 1.86. The molecule has 2 aromatic rings. The molecule has 0 N–H and O–H groups in total. The summed E-state index contributed by atoms with van der Waals surface area (Å²) in [7, 11) is 1.64. The summed E-state index contributed by atoms with van der Waals surface area (Å²) in [6.07, 6.45) is 0. The molecule has 0 heterocycles. The highest BCUT2D eigenvalue weighted by Gasteiger charge is 2.17. The lowest BCUT2D eigenvalue weighted by molar-refractivity contribution is 0.410. The van der Waals surface area contributed by atoms with Crippen molar-refractivity contribution in [3.8, 4) is 5.75 Å². The van der Waals surface area contributed by atoms with Gasteiger partial charge in [-0.05, 0) is 58.5 Å². The lowest BCUT2D eigenvalue weighted by Gasteiger charge is -2.15. The van der Waals surface area contributed by atoms with Crippen molar-refractivity contribution in [2.45, 2.75) is 5.38 Å². The van der Waals surface area contributed by atoms with Gasteiger partial charge in [0.05, 0.1) is 17.5 Å². The molecule has 0 aliphatic rings. The molecule has 0 spiro atoms. The Morgan fingerprint density at radius 2 is 1.95 bits per heavy atom. The van der Waals surface area contributed by atoms with Gasteiger partial charge in [0, 0.05) is 13.6 Å². The van der Waals surface area contributed by atoms with Crippen LogP contribution in [0.1, 0.15) is 16.5 Å². The molecule has 0 aliphatic heterocycles. The van der Waals surface area contributed by atoms with Crippen LogP contribution in [0.25, 0.3) is 0 Å². The predicted octanol–water partition coefficient (Wildman–Crippen LogP) is 6.04. The van der Waals surface area contributed by atoms with Crippen LogP contribution < -0.4 is 4.74 Å². The number of rotatable bonds is 3. The fraction of sp³-hybridized carbons (Fsp3) is 0.143. The van der Waals surface area contributed by atoms with Crippen LogP contribution in [0.2, 0.25) is 5.02 Å². The van der Waals surface area contributed by atoms with Gasteiger partial charge >= 0.3 is 0 Å². The second kappa shape index (κ2) is 6.66. The molecule has 1 atom stereocenters. The highest BCUT2D eigenvalue weighted by molar-refractivity contribution is 14.1. The Morgan fingerprint density at radius 3 is 2.58 bits per heavy atom. The van der Waals surface area contributed by atoms with Crippen LogP contribution in [0.5, 0.6) is 5.75 Å². The van der Waals surface area contributed by atoms with E-state index in [0.717, 1.165) is 24.9 Å². The van der Waals surface area contributed by atoms with Crippen LogP contribution >= 0.6 is 61.7 Å². The van der Waals surface area contributed by atoms with Crippen LogP contribution in [0, 0.1) is 3.57 Å². The Morgan fingerprint density at radius 1 is 1.21 bits per heavy atom. The van der Waals surface area contributed by atoms with E-state index in [1.807, 2.05) is 36.4 Å². The molecule has 0 fully saturated rings. The van der Waals surface area contributed by atoms with Crippen LogP contribution in [0.15, 0.2) is 40.9 Å². The van der Waals surface area contributed by atoms with Crippen LogP contribution in [-0.2, 0) is 0 Å². The quantitative estimate of drug-likeness (QED) is 0.391. The summed E-state index contributed by atoms with van der Waals surface area (Å²) < 4.78 is 7.33. The number of methoxy groups -OCH3 is 1. The molecule has 0 saturated heterocycles. The number of hydrogen-bond acceptors (Lipinski definition) is 1. The summed E-state index contributed by atoms with van der Waals surface area (Å²) >= 11 is 18.3. The summed E-state index contributed by atoms with van der Waals surface area (Å²) in [5, 5.41) is 0.402. The molecule has 1 unspecified atom stereocenters. The van der Waals surface area contributed by atoms with E-state index < -0.39 is 0 Å². The molecule has 2 rings (SSSR count). The number of ether oxygens (including phenoxy) is 1. The van der Waals surface area contributed by atoms with Crippen molar-refractivity contribution >= 4 is 61.7 Å². The van der Waals surface area contributed by atoms with E-state index in [1.54, 1.807) is 7.11 Å². The fourth-order valence-electron chi connectivity index (χ4n) is 1.75. The first-order valence-electron chi connectivity index (χ1n) is 5.45. The monoisotopic (exact) mass is 470 g/mol. The van der Waals surface area contributed by atoms with Crippen LogP contribution in [0.3, 0.4) is 0 Å². The third-order valence-corrected chi connectivity index (χ3v) is 5.25. The normalized spacial score (nSPS) is 12.3. The lowest BCUT2D eigenvalue weighted by atomic mass is 10.0. The first kappa shape index (κ1) is 15.4. The molecule has 0 aliphatic carbocycles. The molecule has 5 heteroatoms. The Bertz CT molecular complexity index is 604. The molecular formula is C14H10BrCl2IO. The zero-order valence-electron chi connectivity index (χ0n) is 9.96. The van der Waals surface area contributed by atoms with E-state index in [0.29, 0.717) is 5.02 Å². The third-order valence-electron chi connectivity index (χ3n) is 2.70. The molecule has 0 aromatic heterocycles. The molecule has 19 heavy (non-hydrogen) atoms. The van der Waals surface area contributed by atoms with Crippen molar-refractivity contribution in [3.63, 3.8) is 0 Å². The Labute approximate surface area is 144 Å². The standard InChI is InChI=1S/C14H10BrCl2IO/c1-19-13-5-3-9(15)7-10(13)14(17)8-2-4-12(18)11(16)6-8/h2-7,14H,1H3. The van der Waals surface area contributed by atoms with E-state index in [-0.39, 0.29) is 5.38 Å². The Kier molecular flexibility index (Phi) is 5.40. The summed E-state index contributed by atoms with van der Waals surface area (Å²) in [6.45, 7) is 0. The molecule has 100 valence electrons. The molecule has 2 aromatic carbocycles. The number of alkyl halides is 1. The average Bonchev–Trinajstić information content (AvgIpc) is 2.41. The number of benzene rings is 2. The number of halogens is 4. The zero-order chi connectivity index (χ0) is 14.0. The van der Waals surface area contributed by atoms with Gasteiger partial charge in [0.2, 0.25) is 0 Å². The van der Waals surface area contributed by atoms with E-state index in [1.165, 1.54) is 0 Å². The summed E-state index contributed by atoms with van der Waals surface area (Å²) in [4.78, 5) is 0. The van der Waals surface area contributed by atoms with E-state index in [4.69, 9.17) is 27.9 Å². The number of hydrogen-bond donors (Lipinski definition) is 0. The molecule has 0 radical (unpaired) electrons. The first-order chi connectivity index (χ1) is 9.02. The van der Waals surface area contributed by atoms with Crippen LogP contribution in [-0.4, -0.2) is 7.11 Å². The minimum absolute atomic E-state index is 0.304. The van der Waals surface area contributed by atoms with Crippen molar-refractivity contribution in [3.05, 3.63) is 60.6 Å². The van der Waals surface area contributed by atoms with E-state index in [2.05, 4.69) is 38.5 Å². The van der Waals surface area contributed by atoms with Gasteiger partial charge in [-0.2, -0.15) is 0 Å². The van der Waals surface area contributed by atoms with Crippen molar-refractivity contribution < 1.29 is 4.74 Å². The largest absolute Gasteiger partial charge is 0.496 e. The smallest absolute Gasteiger partial charge is 0.123 e. The van der Waals surface area contributed by atoms with Gasteiger partial charge < -0.3 is 4.74 Å². The lowest BCUT2D eigenvalue weighted by Crippen LogP contribution is -1.98. The average molecular weight is 472 g/mol. The highest BCUT2D eigenvalue weighted by atomic mass is 127. The molecule has 0 amide bonds. The molecule has 0 saturated carbocycles. The minimum atomic E-state index is -0.304. The second-order valence-corrected chi connectivity index (χ2v) is 6.84. The summed E-state index contributed by atoms with van der Waals surface area (Å²) in [6, 6.07) is 11.6. The van der Waals surface area contributed by atoms with Gasteiger partial charge in [0.1, 0.15) is 5.75 Å². The Hall–Kier alpha value is 0.0300. The molecular weight excluding hydrogens is 462 g/mol. The van der Waals surface area contributed by atoms with Crippen molar-refractivity contribution in [2.75, 3.05) is 7.11 Å². The zero-order valence-corrected chi connectivity index (χ0v) is 15.2. The van der Waals surface area contributed by atoms with Crippen LogP contribution in [0.4, 0.5) is 0 Å². The van der Waals surface area contributed by atoms with Gasteiger partial charge in [-0.1, -0.05) is 33.6 Å². The summed E-state index contributed by atoms with van der Waals surface area (Å²) in [5.74, 6) is 0.762. The second-order valence-electron chi connectivity index (χ2n) is 3.92. The fourth-order valence-corrected chi connectivity index (χ4v) is 2.96. The van der Waals surface area contributed by atoms with Gasteiger partial charge in [-0.25, -0.2) is 0 Å². The SMILES string of the molecule is COc1ccc(Br)cc1C(Cl)c1ccc(I)c(Cl)c1. The minimum Gasteiger partial charge on any atom is -0.496 e. The molecule has 1 nitrogen and oxygen atoms in total. The van der Waals surface area contributed by atoms with Crippen molar-refractivity contribution in [1.82, 2.24) is 0 Å². The van der Waals surface area contributed by atoms with Crippen molar-refractivity contribution in [1.29, 1.82) is 0 Å². The Balaban J connectivity index is 2.45. The van der Waals surface area contributed by atoms with Gasteiger partial charge in [0.25, 0.3) is 0 Å². The molecule has 0 bridgehead atoms. The first-order valence-corrected chi connectivity index (χ1v) is 8.14. The maximum atomic E-state index is 6.55. The highest BCUT2D eigenvalue weighted by Crippen LogP contribution is 2.38. The maximum Gasteiger partial charge on any atom is 0.123 e. The van der Waals surface area contributed by atoms with E-state index >= 15 is 0 Å². The van der Waals surface area contributed by atoms with Gasteiger partial charge in [0.15, 0.2) is 0 Å². The maximum absolute atomic E-state index is 6.55. The third kappa shape index (κ3) is 3.57. The predicted molar refractivity (Wildman–Crippen MR) is 92.6 cm³/mol. The topological polar surface area (TPSA) is 9.23 Å². The van der Waals surface area contributed by atoms with Crippen molar-refractivity contribution in [2.24, 2.45) is 0 Å². The van der Waals surface area contributed by atoms with Gasteiger partial charge in [-0.3, -0.25) is 0 Å².